The average Bonchev–Trinajstić information content (AvgIpc) is 2.70. The number of benzene rings is 3. The molecular weight excluding hydrogens is 461 g/mol. The molecule has 0 bridgehead atoms. The van der Waals surface area contributed by atoms with E-state index in [-0.39, 0.29) is 28.9 Å². The Kier molecular flexibility index (Phi) is 6.80. The fourth-order valence-electron chi connectivity index (χ4n) is 2.78. The van der Waals surface area contributed by atoms with Crippen molar-refractivity contribution in [2.24, 2.45) is 0 Å². The number of hydrogen-bond donors (Lipinski definition) is 0. The molecule has 0 spiro atoms. The molecule has 11 heteroatoms. The van der Waals surface area contributed by atoms with Crippen LogP contribution in [-0.4, -0.2) is 25.4 Å². The predicted molar refractivity (Wildman–Crippen MR) is 102 cm³/mol. The first kappa shape index (κ1) is 23.9. The van der Waals surface area contributed by atoms with Gasteiger partial charge in [-0.15, -0.1) is 0 Å². The number of carbonyl (C=O) groups is 1. The summed E-state index contributed by atoms with van der Waals surface area (Å²) < 4.78 is 108. The highest BCUT2D eigenvalue weighted by Gasteiger charge is 2.30. The molecule has 0 aromatic heterocycles. The van der Waals surface area contributed by atoms with E-state index in [0.29, 0.717) is 6.07 Å². The molecular formula is C22H13F7O4. The van der Waals surface area contributed by atoms with Gasteiger partial charge in [0.15, 0.2) is 24.0 Å². The molecule has 4 nitrogen and oxygen atoms in total. The zero-order chi connectivity index (χ0) is 24.3. The van der Waals surface area contributed by atoms with Gasteiger partial charge in [-0.05, 0) is 29.7 Å². The fourth-order valence-corrected chi connectivity index (χ4v) is 2.78. The summed E-state index contributed by atoms with van der Waals surface area (Å²) >= 11 is 0. The zero-order valence-electron chi connectivity index (χ0n) is 16.4. The van der Waals surface area contributed by atoms with Crippen LogP contribution < -0.4 is 14.2 Å². The minimum absolute atomic E-state index is 0.0319. The second-order valence-corrected chi connectivity index (χ2v) is 6.54. The van der Waals surface area contributed by atoms with Crippen LogP contribution in [0.1, 0.15) is 10.4 Å². The monoisotopic (exact) mass is 474 g/mol. The van der Waals surface area contributed by atoms with Crippen molar-refractivity contribution in [1.29, 1.82) is 0 Å². The summed E-state index contributed by atoms with van der Waals surface area (Å²) in [6.45, 7) is 1.45. The number of ether oxygens (including phenoxy) is 3. The van der Waals surface area contributed by atoms with Crippen LogP contribution in [-0.2, 0) is 0 Å². The summed E-state index contributed by atoms with van der Waals surface area (Å²) in [6, 6.07) is 5.13. The summed E-state index contributed by atoms with van der Waals surface area (Å²) in [7, 11) is 0. The van der Waals surface area contributed by atoms with Crippen molar-refractivity contribution in [2.45, 2.75) is 6.18 Å². The van der Waals surface area contributed by atoms with Crippen molar-refractivity contribution in [3.63, 3.8) is 0 Å². The third-order valence-electron chi connectivity index (χ3n) is 4.14. The van der Waals surface area contributed by atoms with Crippen LogP contribution in [0.4, 0.5) is 30.7 Å². The van der Waals surface area contributed by atoms with Crippen LogP contribution in [0, 0.1) is 23.3 Å². The number of alkyl halides is 3. The first-order chi connectivity index (χ1) is 15.5. The highest BCUT2D eigenvalue weighted by atomic mass is 19.4. The Hall–Kier alpha value is -3.76. The highest BCUT2D eigenvalue weighted by Crippen LogP contribution is 2.33. The number of fused-ring (bicyclic) bond motifs is 1. The molecule has 0 fully saturated rings. The van der Waals surface area contributed by atoms with E-state index in [1.807, 2.05) is 0 Å². The van der Waals surface area contributed by atoms with Crippen molar-refractivity contribution in [2.75, 3.05) is 13.2 Å². The number of rotatable bonds is 7. The topological polar surface area (TPSA) is 44.8 Å². The van der Waals surface area contributed by atoms with Gasteiger partial charge < -0.3 is 14.2 Å². The first-order valence-corrected chi connectivity index (χ1v) is 9.06. The van der Waals surface area contributed by atoms with Crippen LogP contribution in [0.3, 0.4) is 0 Å². The molecule has 3 rings (SSSR count). The average molecular weight is 474 g/mol. The van der Waals surface area contributed by atoms with Crippen LogP contribution in [0.15, 0.2) is 49.1 Å². The van der Waals surface area contributed by atoms with Crippen LogP contribution >= 0.6 is 0 Å². The van der Waals surface area contributed by atoms with Crippen molar-refractivity contribution in [3.8, 4) is 17.2 Å². The smallest absolute Gasteiger partial charge is 0.422 e. The maximum Gasteiger partial charge on any atom is 0.422 e. The largest absolute Gasteiger partial charge is 0.489 e. The molecule has 0 aliphatic heterocycles. The van der Waals surface area contributed by atoms with E-state index in [4.69, 9.17) is 9.47 Å². The maximum absolute atomic E-state index is 14.4. The zero-order valence-corrected chi connectivity index (χ0v) is 16.4. The third-order valence-corrected chi connectivity index (χ3v) is 4.14. The molecule has 3 aromatic rings. The van der Waals surface area contributed by atoms with E-state index in [0.717, 1.165) is 30.3 Å². The Morgan fingerprint density at radius 1 is 0.909 bits per heavy atom. The Balaban J connectivity index is 1.87. The molecule has 0 N–H and O–H groups in total. The Bertz CT molecular complexity index is 1200. The first-order valence-electron chi connectivity index (χ1n) is 9.06. The summed E-state index contributed by atoms with van der Waals surface area (Å²) in [4.78, 5) is 12.3. The quantitative estimate of drug-likeness (QED) is 0.179. The summed E-state index contributed by atoms with van der Waals surface area (Å²) in [5.41, 5.74) is -1.03. The minimum Gasteiger partial charge on any atom is -0.489 e. The Labute approximate surface area is 181 Å². The fraction of sp³-hybridized carbons (Fsp3) is 0.136. The number of carbonyl (C=O) groups excluding carboxylic acids is 1. The molecule has 0 radical (unpaired) electrons. The number of halogens is 7. The number of esters is 1. The summed E-state index contributed by atoms with van der Waals surface area (Å²) in [5.74, 6) is -8.58. The van der Waals surface area contributed by atoms with Gasteiger partial charge in [0, 0.05) is 17.5 Å². The maximum atomic E-state index is 14.4. The Morgan fingerprint density at radius 2 is 1.58 bits per heavy atom. The summed E-state index contributed by atoms with van der Waals surface area (Å²) in [5, 5.41) is -0.543. The lowest BCUT2D eigenvalue weighted by molar-refractivity contribution is -0.154. The molecule has 33 heavy (non-hydrogen) atoms. The van der Waals surface area contributed by atoms with Crippen LogP contribution in [0.25, 0.3) is 10.8 Å². The van der Waals surface area contributed by atoms with Crippen molar-refractivity contribution >= 4 is 16.7 Å². The lowest BCUT2D eigenvalue weighted by Crippen LogP contribution is -2.20. The number of hydrogen-bond acceptors (Lipinski definition) is 4. The molecule has 0 amide bonds. The highest BCUT2D eigenvalue weighted by molar-refractivity contribution is 5.93. The van der Waals surface area contributed by atoms with Gasteiger partial charge in [0.1, 0.15) is 35.3 Å². The molecule has 0 aliphatic rings. The normalized spacial score (nSPS) is 11.4. The van der Waals surface area contributed by atoms with Gasteiger partial charge in [0.2, 0.25) is 0 Å². The van der Waals surface area contributed by atoms with Gasteiger partial charge >= 0.3 is 12.1 Å². The van der Waals surface area contributed by atoms with Crippen molar-refractivity contribution in [3.05, 3.63) is 77.9 Å². The van der Waals surface area contributed by atoms with Gasteiger partial charge in [-0.1, -0.05) is 12.7 Å². The van der Waals surface area contributed by atoms with Crippen LogP contribution in [0.5, 0.6) is 17.2 Å². The van der Waals surface area contributed by atoms with Gasteiger partial charge in [0.05, 0.1) is 0 Å². The lowest BCUT2D eigenvalue weighted by Gasteiger charge is -2.13. The van der Waals surface area contributed by atoms with Gasteiger partial charge in [-0.3, -0.25) is 0 Å². The van der Waals surface area contributed by atoms with Crippen molar-refractivity contribution in [1.82, 2.24) is 0 Å². The minimum atomic E-state index is -4.81. The Morgan fingerprint density at radius 3 is 2.18 bits per heavy atom. The third kappa shape index (κ3) is 5.54. The van der Waals surface area contributed by atoms with Gasteiger partial charge in [0.25, 0.3) is 0 Å². The predicted octanol–water partition coefficient (Wildman–Crippen LogP) is 6.12. The van der Waals surface area contributed by atoms with Gasteiger partial charge in [-0.2, -0.15) is 13.2 Å². The molecule has 0 heterocycles. The van der Waals surface area contributed by atoms with E-state index in [1.54, 1.807) is 0 Å². The van der Waals surface area contributed by atoms with E-state index in [2.05, 4.69) is 11.3 Å². The second kappa shape index (κ2) is 9.39. The standard InChI is InChI=1S/C22H13F7O4/c1-2-5-31-13-8-15(23)18(16(24)9-13)21(30)33-12-3-4-14-11(6-12)7-17(25)20(19(14)26)32-10-22(27,28)29/h2-4,6-9H,1,5,10H2. The van der Waals surface area contributed by atoms with Crippen molar-refractivity contribution < 1.29 is 49.7 Å². The van der Waals surface area contributed by atoms with E-state index < -0.39 is 53.3 Å². The molecule has 0 unspecified atom stereocenters. The molecule has 3 aromatic carbocycles. The van der Waals surface area contributed by atoms with E-state index >= 15 is 0 Å². The SMILES string of the molecule is C=CCOc1cc(F)c(C(=O)Oc2ccc3c(F)c(OCC(F)(F)F)c(F)cc3c2)c(F)c1. The van der Waals surface area contributed by atoms with E-state index in [1.165, 1.54) is 6.08 Å². The van der Waals surface area contributed by atoms with Gasteiger partial charge in [-0.25, -0.2) is 22.4 Å². The molecule has 0 aliphatic carbocycles. The molecule has 0 saturated carbocycles. The second-order valence-electron chi connectivity index (χ2n) is 6.54. The molecule has 0 atom stereocenters. The molecule has 0 saturated heterocycles. The lowest BCUT2D eigenvalue weighted by atomic mass is 10.1. The van der Waals surface area contributed by atoms with Crippen LogP contribution in [0.2, 0.25) is 0 Å². The summed E-state index contributed by atoms with van der Waals surface area (Å²) in [6.07, 6.45) is -3.47. The molecule has 174 valence electrons. The van der Waals surface area contributed by atoms with E-state index in [9.17, 15) is 35.5 Å².